The van der Waals surface area contributed by atoms with Crippen molar-refractivity contribution in [3.63, 3.8) is 0 Å². The molecule has 0 saturated carbocycles. The van der Waals surface area contributed by atoms with E-state index in [0.717, 1.165) is 19.6 Å². The summed E-state index contributed by atoms with van der Waals surface area (Å²) >= 11 is 0. The molecule has 2 N–H and O–H groups in total. The first-order chi connectivity index (χ1) is 40.2. The summed E-state index contributed by atoms with van der Waals surface area (Å²) in [5, 5.41) is 23.7. The second-order valence-corrected chi connectivity index (χ2v) is 36.7. The zero-order valence-electron chi connectivity index (χ0n) is 52.7. The van der Waals surface area contributed by atoms with E-state index in [1.165, 1.54) is 0 Å². The van der Waals surface area contributed by atoms with Crippen molar-refractivity contribution in [3.05, 3.63) is 143 Å². The van der Waals surface area contributed by atoms with Gasteiger partial charge in [0.05, 0.1) is 70.5 Å². The van der Waals surface area contributed by atoms with Gasteiger partial charge < -0.3 is 28.5 Å². The highest BCUT2D eigenvalue weighted by Gasteiger charge is 2.56. The summed E-state index contributed by atoms with van der Waals surface area (Å²) < 4.78 is 23.7. The summed E-state index contributed by atoms with van der Waals surface area (Å²) in [5.41, 5.74) is 1.78. The summed E-state index contributed by atoms with van der Waals surface area (Å²) in [7, 11) is -4.57. The van der Waals surface area contributed by atoms with Crippen molar-refractivity contribution in [2.75, 3.05) is 26.4 Å². The maximum atomic E-state index is 14.6. The molecular weight excluding hydrogens is 1130 g/mol. The molecule has 464 valence electrons. The third kappa shape index (κ3) is 13.4. The van der Waals surface area contributed by atoms with E-state index in [-0.39, 0.29) is 70.6 Å². The number of amides is 8. The number of fused-ring (bicyclic) bond motifs is 2. The predicted octanol–water partition coefficient (Wildman–Crippen LogP) is 11.3. The van der Waals surface area contributed by atoms with Crippen LogP contribution in [0.3, 0.4) is 0 Å². The summed E-state index contributed by atoms with van der Waals surface area (Å²) in [4.78, 5) is 115. The Bertz CT molecular complexity index is 2880. The van der Waals surface area contributed by atoms with E-state index in [4.69, 9.17) is 18.3 Å². The minimum absolute atomic E-state index is 0.0259. The van der Waals surface area contributed by atoms with Gasteiger partial charge >= 0.3 is 12.2 Å². The van der Waals surface area contributed by atoms with Gasteiger partial charge in [-0.05, 0) is 83.5 Å². The highest BCUT2D eigenvalue weighted by atomic mass is 28.4. The fourth-order valence-electron chi connectivity index (χ4n) is 11.1. The number of hydrogen-bond donors (Lipinski definition) is 2. The van der Waals surface area contributed by atoms with Crippen LogP contribution >= 0.6 is 0 Å². The zero-order chi connectivity index (χ0) is 63.7. The molecule has 4 aliphatic rings. The summed E-state index contributed by atoms with van der Waals surface area (Å²) in [6.45, 7) is 32.6. The lowest BCUT2D eigenvalue weighted by molar-refractivity contribution is -0.143. The van der Waals surface area contributed by atoms with Crippen molar-refractivity contribution in [2.24, 2.45) is 35.5 Å². The zero-order valence-corrected chi connectivity index (χ0v) is 54.7. The van der Waals surface area contributed by atoms with Gasteiger partial charge in [0.2, 0.25) is 11.8 Å². The van der Waals surface area contributed by atoms with Gasteiger partial charge in [-0.15, -0.1) is 0 Å². The van der Waals surface area contributed by atoms with E-state index >= 15 is 0 Å². The second-order valence-electron chi connectivity index (χ2n) is 27.1. The Morgan fingerprint density at radius 3 is 1.01 bits per heavy atom. The normalized spacial score (nSPS) is 20.2. The lowest BCUT2D eigenvalue weighted by Gasteiger charge is -2.42. The number of carbonyl (C=O) groups is 8. The third-order valence-corrected chi connectivity index (χ3v) is 27.5. The Balaban J connectivity index is 0.000000246. The van der Waals surface area contributed by atoms with Crippen LogP contribution in [0.2, 0.25) is 36.3 Å². The van der Waals surface area contributed by atoms with Gasteiger partial charge in [0.1, 0.15) is 13.2 Å². The van der Waals surface area contributed by atoms with Gasteiger partial charge in [0.25, 0.3) is 23.6 Å². The van der Waals surface area contributed by atoms with Crippen molar-refractivity contribution in [1.29, 1.82) is 0 Å². The number of hydrogen-bond acceptors (Lipinski definition) is 14. The van der Waals surface area contributed by atoms with E-state index in [9.17, 15) is 48.6 Å². The van der Waals surface area contributed by atoms with Crippen LogP contribution in [0.25, 0.3) is 0 Å². The number of carbonyl (C=O) groups excluding carboxylic acids is 8. The molecule has 0 aliphatic carbocycles. The van der Waals surface area contributed by atoms with Crippen LogP contribution in [0, 0.1) is 35.5 Å². The molecule has 0 spiro atoms. The molecule has 0 aromatic heterocycles. The number of rotatable bonds is 20. The Morgan fingerprint density at radius 2 is 0.756 bits per heavy atom. The standard InChI is InChI=1S/2C33H44N2O7Si/c2*1-20(2)25-19-41-32(40)34(25)31(39)26(28(36)22-14-10-9-11-15-22)27(21(3)18-42-43(7,8)33(4,5)6)35-29(37)23-16-12-13-17-24(23)30(35)38/h2*9-17,20-21,25-28,36H,18-19H2,1-8H3/t21?,25-,26+,27+,28-;21-,25+,26-,27-,28+/m10/s1. The molecule has 4 aliphatic heterocycles. The largest absolute Gasteiger partial charge is 0.447 e. The van der Waals surface area contributed by atoms with E-state index < -0.39 is 124 Å². The minimum Gasteiger partial charge on any atom is -0.447 e. The molecule has 4 aromatic rings. The molecule has 0 bridgehead atoms. The van der Waals surface area contributed by atoms with Gasteiger partial charge in [-0.3, -0.25) is 38.6 Å². The van der Waals surface area contributed by atoms with Crippen molar-refractivity contribution in [2.45, 2.75) is 156 Å². The molecule has 8 amide bonds. The van der Waals surface area contributed by atoms with E-state index in [0.29, 0.717) is 11.1 Å². The number of benzene rings is 4. The second kappa shape index (κ2) is 26.3. The van der Waals surface area contributed by atoms with Crippen LogP contribution in [-0.2, 0) is 27.9 Å². The van der Waals surface area contributed by atoms with Crippen LogP contribution in [0.1, 0.15) is 148 Å². The summed E-state index contributed by atoms with van der Waals surface area (Å²) in [5.74, 6) is -7.76. The van der Waals surface area contributed by atoms with Crippen LogP contribution in [0.15, 0.2) is 109 Å². The highest BCUT2D eigenvalue weighted by molar-refractivity contribution is 6.74. The Kier molecular flexibility index (Phi) is 20.5. The molecule has 20 heteroatoms. The molecule has 4 aromatic carbocycles. The van der Waals surface area contributed by atoms with E-state index in [1.807, 2.05) is 41.5 Å². The van der Waals surface area contributed by atoms with Crippen LogP contribution in [-0.4, -0.2) is 145 Å². The average Bonchev–Trinajstić information content (AvgIpc) is 1.57. The lowest BCUT2D eigenvalue weighted by atomic mass is 9.80. The topological polar surface area (TPSA) is 227 Å². The fourth-order valence-corrected chi connectivity index (χ4v) is 13.4. The maximum Gasteiger partial charge on any atom is 0.416 e. The number of ether oxygens (including phenoxy) is 2. The van der Waals surface area contributed by atoms with Crippen LogP contribution in [0.4, 0.5) is 9.59 Å². The lowest BCUT2D eigenvalue weighted by Crippen LogP contribution is -2.57. The Labute approximate surface area is 508 Å². The van der Waals surface area contributed by atoms with Crippen molar-refractivity contribution >= 4 is 64.3 Å². The average molecular weight is 1220 g/mol. The first kappa shape index (κ1) is 66.8. The van der Waals surface area contributed by atoms with Crippen molar-refractivity contribution in [1.82, 2.24) is 19.6 Å². The maximum absolute atomic E-state index is 14.6. The molecule has 1 unspecified atom stereocenters. The quantitative estimate of drug-likeness (QED) is 0.0620. The van der Waals surface area contributed by atoms with Gasteiger partial charge in [0, 0.05) is 25.0 Å². The number of nitrogens with zero attached hydrogens (tertiary/aromatic N) is 4. The van der Waals surface area contributed by atoms with Crippen LogP contribution in [0.5, 0.6) is 0 Å². The van der Waals surface area contributed by atoms with E-state index in [2.05, 4.69) is 67.7 Å². The first-order valence-corrected chi connectivity index (χ1v) is 35.7. The summed E-state index contributed by atoms with van der Waals surface area (Å²) in [6.07, 6.45) is -4.50. The Morgan fingerprint density at radius 1 is 0.488 bits per heavy atom. The first-order valence-electron chi connectivity index (χ1n) is 29.8. The molecular formula is C66H88N4O14Si2. The van der Waals surface area contributed by atoms with Gasteiger partial charge in [-0.25, -0.2) is 19.4 Å². The molecule has 2 fully saturated rings. The molecule has 0 radical (unpaired) electrons. The molecule has 86 heavy (non-hydrogen) atoms. The molecule has 2 saturated heterocycles. The smallest absolute Gasteiger partial charge is 0.416 e. The monoisotopic (exact) mass is 1220 g/mol. The van der Waals surface area contributed by atoms with Crippen molar-refractivity contribution < 1.29 is 66.9 Å². The highest BCUT2D eigenvalue weighted by Crippen LogP contribution is 2.44. The minimum atomic E-state index is -2.29. The van der Waals surface area contributed by atoms with Crippen molar-refractivity contribution in [3.8, 4) is 0 Å². The van der Waals surface area contributed by atoms with Gasteiger partial charge in [-0.1, -0.05) is 168 Å². The van der Waals surface area contributed by atoms with Crippen LogP contribution < -0.4 is 0 Å². The molecule has 8 rings (SSSR count). The fraction of sp³-hybridized carbons (Fsp3) is 0.515. The number of imide groups is 4. The predicted molar refractivity (Wildman–Crippen MR) is 330 cm³/mol. The molecule has 4 heterocycles. The number of cyclic esters (lactones) is 2. The number of aliphatic hydroxyl groups excluding tert-OH is 2. The third-order valence-electron chi connectivity index (χ3n) is 18.5. The molecule has 18 nitrogen and oxygen atoms in total. The summed E-state index contributed by atoms with van der Waals surface area (Å²) in [6, 6.07) is 26.9. The van der Waals surface area contributed by atoms with Gasteiger partial charge in [-0.2, -0.15) is 0 Å². The number of aliphatic hydroxyl groups is 2. The Hall–Kier alpha value is -6.69. The molecule has 10 atom stereocenters. The van der Waals surface area contributed by atoms with Gasteiger partial charge in [0.15, 0.2) is 16.6 Å². The SMILES string of the molecule is CC(C)[C@H]1COC(=O)N1C(=O)[C@@H]([C@H]([C@@H](C)CO[Si](C)(C)C(C)(C)C)N1C(=O)c2ccccc2C1=O)[C@H](O)c1ccccc1.CC(C)[C@H]1COC(=O)N1C(=O)[C@H]([C@H](O)c1ccccc1)[C@H](C(C)CO[Si](C)(C)C(C)(C)C)N1C(=O)c2ccccc2C1=O. The van der Waals surface area contributed by atoms with E-state index in [1.54, 1.807) is 109 Å².